The highest BCUT2D eigenvalue weighted by Gasteiger charge is 2.06. The van der Waals surface area contributed by atoms with Crippen LogP contribution < -0.4 is 0 Å². The molecule has 0 aliphatic heterocycles. The Morgan fingerprint density at radius 1 is 1.07 bits per heavy atom. The molecule has 0 aliphatic carbocycles. The molecule has 0 aliphatic rings. The van der Waals surface area contributed by atoms with Crippen molar-refractivity contribution in [2.45, 2.75) is 13.8 Å². The van der Waals surface area contributed by atoms with E-state index in [2.05, 4.69) is 47.5 Å². The maximum absolute atomic E-state index is 4.16. The van der Waals surface area contributed by atoms with Crippen molar-refractivity contribution in [2.24, 2.45) is 0 Å². The predicted octanol–water partition coefficient (Wildman–Crippen LogP) is 3.10. The van der Waals surface area contributed by atoms with Crippen molar-refractivity contribution in [2.75, 3.05) is 0 Å². The van der Waals surface area contributed by atoms with Gasteiger partial charge in [0.15, 0.2) is 0 Å². The molecule has 1 aromatic carbocycles. The smallest absolute Gasteiger partial charge is 0.0995 e. The third-order valence-electron chi connectivity index (χ3n) is 2.96. The van der Waals surface area contributed by atoms with E-state index in [1.807, 2.05) is 12.5 Å². The van der Waals surface area contributed by atoms with Crippen molar-refractivity contribution >= 4 is 16.4 Å². The topological polar surface area (TPSA) is 17.3 Å². The van der Waals surface area contributed by atoms with Crippen LogP contribution in [0.1, 0.15) is 11.1 Å². The van der Waals surface area contributed by atoms with Crippen LogP contribution in [-0.2, 0) is 0 Å². The van der Waals surface area contributed by atoms with Crippen LogP contribution in [0.15, 0.2) is 36.8 Å². The summed E-state index contributed by atoms with van der Waals surface area (Å²) in [5, 5.41) is 1.32. The monoisotopic (exact) mass is 196 g/mol. The van der Waals surface area contributed by atoms with E-state index >= 15 is 0 Å². The zero-order valence-corrected chi connectivity index (χ0v) is 8.86. The zero-order valence-electron chi connectivity index (χ0n) is 8.86. The number of aryl methyl sites for hydroxylation is 2. The van der Waals surface area contributed by atoms with Gasteiger partial charge in [0.05, 0.1) is 17.4 Å². The van der Waals surface area contributed by atoms with Crippen LogP contribution in [-0.4, -0.2) is 9.38 Å². The second-order valence-corrected chi connectivity index (χ2v) is 3.98. The molecule has 3 aromatic rings. The second-order valence-electron chi connectivity index (χ2n) is 3.98. The summed E-state index contributed by atoms with van der Waals surface area (Å²) < 4.78 is 2.14. The minimum Gasteiger partial charge on any atom is -0.300 e. The first kappa shape index (κ1) is 8.48. The summed E-state index contributed by atoms with van der Waals surface area (Å²) in [5.41, 5.74) is 5.11. The van der Waals surface area contributed by atoms with Crippen LogP contribution in [0.5, 0.6) is 0 Å². The molecule has 0 unspecified atom stereocenters. The highest BCUT2D eigenvalue weighted by atomic mass is 14.9. The van der Waals surface area contributed by atoms with Crippen molar-refractivity contribution in [1.82, 2.24) is 9.38 Å². The Bertz CT molecular complexity index is 650. The van der Waals surface area contributed by atoms with Crippen LogP contribution in [0.2, 0.25) is 0 Å². The van der Waals surface area contributed by atoms with Crippen LogP contribution in [0.4, 0.5) is 0 Å². The quantitative estimate of drug-likeness (QED) is 0.540. The van der Waals surface area contributed by atoms with Gasteiger partial charge in [-0.05, 0) is 37.6 Å². The van der Waals surface area contributed by atoms with Gasteiger partial charge >= 0.3 is 0 Å². The Kier molecular flexibility index (Phi) is 1.60. The van der Waals surface area contributed by atoms with Gasteiger partial charge < -0.3 is 4.40 Å². The van der Waals surface area contributed by atoms with Crippen LogP contribution >= 0.6 is 0 Å². The molecule has 0 fully saturated rings. The summed E-state index contributed by atoms with van der Waals surface area (Å²) in [6.07, 6.45) is 3.72. The lowest BCUT2D eigenvalue weighted by Gasteiger charge is -1.95. The number of aromatic nitrogens is 2. The molecule has 0 atom stereocenters. The highest BCUT2D eigenvalue weighted by Crippen LogP contribution is 2.25. The van der Waals surface area contributed by atoms with Gasteiger partial charge in [-0.3, -0.25) is 0 Å². The number of nitrogens with zero attached hydrogens (tertiary/aromatic N) is 2. The number of fused-ring (bicyclic) bond motifs is 3. The average Bonchev–Trinajstić information content (AvgIpc) is 2.54. The highest BCUT2D eigenvalue weighted by molar-refractivity contribution is 5.92. The Morgan fingerprint density at radius 3 is 2.80 bits per heavy atom. The molecule has 3 rings (SSSR count). The van der Waals surface area contributed by atoms with E-state index in [-0.39, 0.29) is 0 Å². The van der Waals surface area contributed by atoms with Gasteiger partial charge in [-0.25, -0.2) is 4.98 Å². The molecule has 2 heterocycles. The molecule has 2 aromatic heterocycles. The first-order chi connectivity index (χ1) is 7.27. The van der Waals surface area contributed by atoms with E-state index < -0.39 is 0 Å². The summed E-state index contributed by atoms with van der Waals surface area (Å²) in [7, 11) is 0. The summed E-state index contributed by atoms with van der Waals surface area (Å²) in [5.74, 6) is 0. The molecule has 0 saturated heterocycles. The minimum absolute atomic E-state index is 1.24. The maximum atomic E-state index is 4.16. The van der Waals surface area contributed by atoms with Gasteiger partial charge in [0.2, 0.25) is 0 Å². The molecule has 2 nitrogen and oxygen atoms in total. The Balaban J connectivity index is 2.63. The molecule has 0 bridgehead atoms. The van der Waals surface area contributed by atoms with E-state index in [0.717, 1.165) is 0 Å². The van der Waals surface area contributed by atoms with Crippen LogP contribution in [0.25, 0.3) is 16.4 Å². The lowest BCUT2D eigenvalue weighted by Crippen LogP contribution is -1.84. The Morgan fingerprint density at radius 2 is 1.93 bits per heavy atom. The fraction of sp³-hybridized carbons (Fsp3) is 0.154. The fourth-order valence-corrected chi connectivity index (χ4v) is 2.16. The lowest BCUT2D eigenvalue weighted by atomic mass is 10.1. The summed E-state index contributed by atoms with van der Waals surface area (Å²) in [6, 6.07) is 8.59. The summed E-state index contributed by atoms with van der Waals surface area (Å²) in [6.45, 7) is 4.29. The van der Waals surface area contributed by atoms with Gasteiger partial charge in [-0.15, -0.1) is 0 Å². The van der Waals surface area contributed by atoms with Crippen molar-refractivity contribution in [1.29, 1.82) is 0 Å². The molecule has 2 heteroatoms. The average molecular weight is 196 g/mol. The summed E-state index contributed by atoms with van der Waals surface area (Å²) >= 11 is 0. The molecule has 0 N–H and O–H groups in total. The Labute approximate surface area is 88.2 Å². The molecule has 0 radical (unpaired) electrons. The predicted molar refractivity (Wildman–Crippen MR) is 62.2 cm³/mol. The van der Waals surface area contributed by atoms with Gasteiger partial charge in [0.1, 0.15) is 0 Å². The second kappa shape index (κ2) is 2.83. The molecule has 15 heavy (non-hydrogen) atoms. The molecule has 74 valence electrons. The maximum Gasteiger partial charge on any atom is 0.0995 e. The first-order valence-electron chi connectivity index (χ1n) is 5.08. The standard InChI is InChI=1S/C13H12N2/c1-9-3-4-13-11(7-9)10(2)12-5-6-14-8-15(12)13/h3-8H,1-2H3. The molecule has 0 saturated carbocycles. The fourth-order valence-electron chi connectivity index (χ4n) is 2.16. The van der Waals surface area contributed by atoms with Gasteiger partial charge in [0.25, 0.3) is 0 Å². The van der Waals surface area contributed by atoms with Crippen molar-refractivity contribution < 1.29 is 0 Å². The van der Waals surface area contributed by atoms with Gasteiger partial charge in [-0.1, -0.05) is 11.6 Å². The van der Waals surface area contributed by atoms with Crippen molar-refractivity contribution in [3.63, 3.8) is 0 Å². The number of hydrogen-bond donors (Lipinski definition) is 0. The molecular formula is C13H12N2. The van der Waals surface area contributed by atoms with Crippen LogP contribution in [0, 0.1) is 13.8 Å². The van der Waals surface area contributed by atoms with E-state index in [4.69, 9.17) is 0 Å². The van der Waals surface area contributed by atoms with Crippen molar-refractivity contribution in [3.05, 3.63) is 47.9 Å². The largest absolute Gasteiger partial charge is 0.300 e. The first-order valence-corrected chi connectivity index (χ1v) is 5.08. The lowest BCUT2D eigenvalue weighted by molar-refractivity contribution is 1.12. The zero-order chi connectivity index (χ0) is 10.4. The third-order valence-corrected chi connectivity index (χ3v) is 2.96. The SMILES string of the molecule is Cc1ccc2c(c1)c(C)c1ccncn12. The minimum atomic E-state index is 1.24. The summed E-state index contributed by atoms with van der Waals surface area (Å²) in [4.78, 5) is 4.16. The van der Waals surface area contributed by atoms with E-state index in [0.29, 0.717) is 0 Å². The number of hydrogen-bond acceptors (Lipinski definition) is 1. The number of rotatable bonds is 0. The molecule has 0 spiro atoms. The van der Waals surface area contributed by atoms with E-state index in [9.17, 15) is 0 Å². The molecule has 0 amide bonds. The molecular weight excluding hydrogens is 184 g/mol. The van der Waals surface area contributed by atoms with Gasteiger partial charge in [-0.2, -0.15) is 0 Å². The van der Waals surface area contributed by atoms with E-state index in [1.165, 1.54) is 27.5 Å². The Hall–Kier alpha value is -1.83. The third kappa shape index (κ3) is 1.08. The van der Waals surface area contributed by atoms with Gasteiger partial charge in [0, 0.05) is 11.6 Å². The number of benzene rings is 1. The van der Waals surface area contributed by atoms with Crippen molar-refractivity contribution in [3.8, 4) is 0 Å². The van der Waals surface area contributed by atoms with E-state index in [1.54, 1.807) is 0 Å². The normalized spacial score (nSPS) is 11.3. The van der Waals surface area contributed by atoms with Crippen LogP contribution in [0.3, 0.4) is 0 Å².